The molecular weight excluding hydrogens is 316 g/mol. The second kappa shape index (κ2) is 8.20. The van der Waals surface area contributed by atoms with Gasteiger partial charge in [0.25, 0.3) is 0 Å². The molecule has 4 heteroatoms. The van der Waals surface area contributed by atoms with Crippen LogP contribution in [0.3, 0.4) is 0 Å². The van der Waals surface area contributed by atoms with Crippen LogP contribution in [-0.2, 0) is 0 Å². The van der Waals surface area contributed by atoms with Gasteiger partial charge in [0.1, 0.15) is 17.3 Å². The predicted octanol–water partition coefficient (Wildman–Crippen LogP) is 4.75. The van der Waals surface area contributed by atoms with Crippen LogP contribution in [0, 0.1) is 5.92 Å². The third kappa shape index (κ3) is 4.73. The lowest BCUT2D eigenvalue weighted by Crippen LogP contribution is -2.01. The zero-order chi connectivity index (χ0) is 18.4. The highest BCUT2D eigenvalue weighted by Crippen LogP contribution is 2.33. The van der Waals surface area contributed by atoms with E-state index < -0.39 is 0 Å². The average molecular weight is 338 g/mol. The van der Waals surface area contributed by atoms with Crippen LogP contribution in [0.1, 0.15) is 29.3 Å². The number of hydrogen-bond acceptors (Lipinski definition) is 4. The molecule has 130 valence electrons. The molecule has 1 aliphatic rings. The molecule has 25 heavy (non-hydrogen) atoms. The van der Waals surface area contributed by atoms with Gasteiger partial charge in [-0.1, -0.05) is 30.4 Å². The molecule has 0 saturated heterocycles. The minimum absolute atomic E-state index is 0.0445. The zero-order valence-electron chi connectivity index (χ0n) is 14.4. The number of allylic oxidation sites excluding steroid dienone is 7. The highest BCUT2D eigenvalue weighted by Gasteiger charge is 2.16. The molecule has 1 atom stereocenters. The zero-order valence-corrected chi connectivity index (χ0v) is 14.4. The number of rotatable bonds is 6. The van der Waals surface area contributed by atoms with Gasteiger partial charge in [-0.2, -0.15) is 0 Å². The maximum Gasteiger partial charge on any atom is 0.189 e. The van der Waals surface area contributed by atoms with Crippen LogP contribution in [0.2, 0.25) is 0 Å². The van der Waals surface area contributed by atoms with Gasteiger partial charge in [-0.25, -0.2) is 0 Å². The van der Waals surface area contributed by atoms with Gasteiger partial charge in [-0.05, 0) is 55.7 Å². The fourth-order valence-corrected chi connectivity index (χ4v) is 2.42. The molecule has 4 nitrogen and oxygen atoms in total. The first kappa shape index (κ1) is 18.3. The Hall–Kier alpha value is -3.01. The largest absolute Gasteiger partial charge is 0.508 e. The number of carbonyl (C=O) groups is 1. The second-order valence-electron chi connectivity index (χ2n) is 5.87. The van der Waals surface area contributed by atoms with Crippen molar-refractivity contribution in [3.63, 3.8) is 0 Å². The summed E-state index contributed by atoms with van der Waals surface area (Å²) in [7, 11) is 1.51. The standard InChI is InChI=1S/C21H22O4/c1-14(2)4-10-18-20(25-3)13-11-17(21(18)24)19(23)12-7-15-5-8-16(22)9-6-15/h4-5,7-13,15,22,24H,1,6H2,2-3H3. The molecule has 2 rings (SSSR count). The normalized spacial score (nSPS) is 17.0. The summed E-state index contributed by atoms with van der Waals surface area (Å²) in [5.74, 6) is 0.340. The van der Waals surface area contributed by atoms with E-state index in [0.29, 0.717) is 17.7 Å². The predicted molar refractivity (Wildman–Crippen MR) is 99.9 cm³/mol. The third-order valence-corrected chi connectivity index (χ3v) is 3.81. The van der Waals surface area contributed by atoms with E-state index in [9.17, 15) is 15.0 Å². The molecule has 0 bridgehead atoms. The third-order valence-electron chi connectivity index (χ3n) is 3.81. The van der Waals surface area contributed by atoms with E-state index in [0.717, 1.165) is 5.57 Å². The van der Waals surface area contributed by atoms with Crippen LogP contribution < -0.4 is 4.74 Å². The summed E-state index contributed by atoms with van der Waals surface area (Å²) in [5.41, 5.74) is 1.46. The molecule has 0 aromatic heterocycles. The molecule has 2 N–H and O–H groups in total. The Labute approximate surface area is 147 Å². The molecule has 0 spiro atoms. The van der Waals surface area contributed by atoms with E-state index in [4.69, 9.17) is 4.74 Å². The van der Waals surface area contributed by atoms with Crippen LogP contribution in [-0.4, -0.2) is 23.1 Å². The fraction of sp³-hybridized carbons (Fsp3) is 0.190. The smallest absolute Gasteiger partial charge is 0.189 e. The topological polar surface area (TPSA) is 66.8 Å². The van der Waals surface area contributed by atoms with Gasteiger partial charge in [0.2, 0.25) is 0 Å². The Bertz CT molecular complexity index is 794. The van der Waals surface area contributed by atoms with E-state index >= 15 is 0 Å². The maximum atomic E-state index is 12.4. The number of ketones is 1. The van der Waals surface area contributed by atoms with Crippen molar-refractivity contribution in [3.8, 4) is 11.5 Å². The first-order valence-corrected chi connectivity index (χ1v) is 7.95. The SMILES string of the molecule is C=C(C)C=Cc1c(OC)ccc(C(=O)C=CC2C=CC(O)=CC2)c1O. The van der Waals surface area contributed by atoms with Gasteiger partial charge in [0.05, 0.1) is 18.2 Å². The highest BCUT2D eigenvalue weighted by molar-refractivity contribution is 6.07. The first-order chi connectivity index (χ1) is 11.9. The van der Waals surface area contributed by atoms with Crippen molar-refractivity contribution in [3.05, 3.63) is 77.6 Å². The van der Waals surface area contributed by atoms with E-state index in [1.807, 2.05) is 13.0 Å². The van der Waals surface area contributed by atoms with Gasteiger partial charge in [0, 0.05) is 0 Å². The Morgan fingerprint density at radius 1 is 1.32 bits per heavy atom. The summed E-state index contributed by atoms with van der Waals surface area (Å²) >= 11 is 0. The first-order valence-electron chi connectivity index (χ1n) is 7.95. The van der Waals surface area contributed by atoms with Crippen LogP contribution >= 0.6 is 0 Å². The van der Waals surface area contributed by atoms with E-state index in [1.54, 1.807) is 42.5 Å². The summed E-state index contributed by atoms with van der Waals surface area (Å²) in [4.78, 5) is 12.4. The van der Waals surface area contributed by atoms with Crippen LogP contribution in [0.25, 0.3) is 6.08 Å². The maximum absolute atomic E-state index is 12.4. The lowest BCUT2D eigenvalue weighted by molar-refractivity contribution is 0.104. The number of phenolic OH excluding ortho intramolecular Hbond substituents is 1. The van der Waals surface area contributed by atoms with E-state index in [1.165, 1.54) is 13.2 Å². The number of carbonyl (C=O) groups excluding carboxylic acids is 1. The molecule has 1 aliphatic carbocycles. The number of hydrogen-bond donors (Lipinski definition) is 2. The van der Waals surface area contributed by atoms with Crippen LogP contribution in [0.5, 0.6) is 11.5 Å². The Morgan fingerprint density at radius 2 is 2.08 bits per heavy atom. The minimum atomic E-state index is -0.294. The number of aliphatic hydroxyl groups is 1. The molecule has 0 radical (unpaired) electrons. The van der Waals surface area contributed by atoms with Gasteiger partial charge in [-0.15, -0.1) is 0 Å². The summed E-state index contributed by atoms with van der Waals surface area (Å²) in [6.07, 6.45) is 12.4. The summed E-state index contributed by atoms with van der Waals surface area (Å²) in [6, 6.07) is 3.20. The number of aliphatic hydroxyl groups excluding tert-OH is 1. The average Bonchev–Trinajstić information content (AvgIpc) is 2.59. The molecule has 0 fully saturated rings. The second-order valence-corrected chi connectivity index (χ2v) is 5.87. The van der Waals surface area contributed by atoms with Crippen molar-refractivity contribution in [1.29, 1.82) is 0 Å². The molecule has 1 unspecified atom stereocenters. The molecular formula is C21H22O4. The Morgan fingerprint density at radius 3 is 2.68 bits per heavy atom. The van der Waals surface area contributed by atoms with Gasteiger partial charge < -0.3 is 14.9 Å². The van der Waals surface area contributed by atoms with Crippen molar-refractivity contribution < 1.29 is 19.7 Å². The van der Waals surface area contributed by atoms with Gasteiger partial charge in [0.15, 0.2) is 5.78 Å². The highest BCUT2D eigenvalue weighted by atomic mass is 16.5. The van der Waals surface area contributed by atoms with Crippen LogP contribution in [0.15, 0.2) is 66.5 Å². The van der Waals surface area contributed by atoms with Crippen molar-refractivity contribution in [2.24, 2.45) is 5.92 Å². The minimum Gasteiger partial charge on any atom is -0.508 e. The van der Waals surface area contributed by atoms with Crippen molar-refractivity contribution in [2.75, 3.05) is 7.11 Å². The number of phenols is 1. The van der Waals surface area contributed by atoms with Crippen LogP contribution in [0.4, 0.5) is 0 Å². The van der Waals surface area contributed by atoms with E-state index in [2.05, 4.69) is 6.58 Å². The molecule has 0 aliphatic heterocycles. The lowest BCUT2D eigenvalue weighted by atomic mass is 9.97. The molecule has 0 heterocycles. The molecule has 0 saturated carbocycles. The van der Waals surface area contributed by atoms with Crippen molar-refractivity contribution in [2.45, 2.75) is 13.3 Å². The number of benzene rings is 1. The van der Waals surface area contributed by atoms with Crippen molar-refractivity contribution >= 4 is 11.9 Å². The Kier molecular flexibility index (Phi) is 6.01. The number of methoxy groups -OCH3 is 1. The molecule has 1 aromatic carbocycles. The molecule has 0 amide bonds. The van der Waals surface area contributed by atoms with E-state index in [-0.39, 0.29) is 28.8 Å². The summed E-state index contributed by atoms with van der Waals surface area (Å²) in [5, 5.41) is 19.8. The molecule has 1 aromatic rings. The monoisotopic (exact) mass is 338 g/mol. The fourth-order valence-electron chi connectivity index (χ4n) is 2.42. The van der Waals surface area contributed by atoms with Gasteiger partial charge in [-0.3, -0.25) is 4.79 Å². The summed E-state index contributed by atoms with van der Waals surface area (Å²) in [6.45, 7) is 5.62. The quantitative estimate of drug-likeness (QED) is 0.446. The number of aromatic hydroxyl groups is 1. The Balaban J connectivity index is 2.26. The lowest BCUT2D eigenvalue weighted by Gasteiger charge is -2.11. The van der Waals surface area contributed by atoms with Crippen molar-refractivity contribution in [1.82, 2.24) is 0 Å². The van der Waals surface area contributed by atoms with Gasteiger partial charge >= 0.3 is 0 Å². The summed E-state index contributed by atoms with van der Waals surface area (Å²) < 4.78 is 5.25. The number of ether oxygens (including phenoxy) is 1.